The molecule has 0 spiro atoms. The van der Waals surface area contributed by atoms with Crippen molar-refractivity contribution in [2.45, 2.75) is 13.5 Å². The molecule has 0 aliphatic heterocycles. The summed E-state index contributed by atoms with van der Waals surface area (Å²) < 4.78 is 16.8. The molecule has 121 valence electrons. The van der Waals surface area contributed by atoms with Crippen LogP contribution in [0.4, 0.5) is 15.9 Å². The summed E-state index contributed by atoms with van der Waals surface area (Å²) in [4.78, 5) is 2.00. The van der Waals surface area contributed by atoms with Gasteiger partial charge in [0.15, 0.2) is 5.82 Å². The number of halogens is 2. The molecular weight excluding hydrogens is 373 g/mol. The van der Waals surface area contributed by atoms with E-state index >= 15 is 0 Å². The van der Waals surface area contributed by atoms with Crippen LogP contribution in [0.3, 0.4) is 0 Å². The largest absolute Gasteiger partial charge is 0.329 e. The minimum atomic E-state index is -0.335. The SMILES string of the molecule is CCn1nc2c(F)cc(Br)cc2c1N(C)c1ccc2[c][nH]nc2c1. The minimum Gasteiger partial charge on any atom is -0.329 e. The van der Waals surface area contributed by atoms with Gasteiger partial charge in [-0.05, 0) is 37.3 Å². The lowest BCUT2D eigenvalue weighted by Crippen LogP contribution is -2.15. The molecule has 0 fully saturated rings. The third-order valence-corrected chi connectivity index (χ3v) is 4.54. The molecule has 0 unspecified atom stereocenters. The van der Waals surface area contributed by atoms with Gasteiger partial charge in [-0.1, -0.05) is 15.9 Å². The summed E-state index contributed by atoms with van der Waals surface area (Å²) in [5.74, 6) is 0.505. The Morgan fingerprint density at radius 1 is 1.33 bits per heavy atom. The predicted octanol–water partition coefficient (Wildman–Crippen LogP) is 4.40. The average Bonchev–Trinajstić information content (AvgIpc) is 3.17. The van der Waals surface area contributed by atoms with Crippen LogP contribution in [0.15, 0.2) is 34.8 Å². The second kappa shape index (κ2) is 5.59. The molecule has 0 amide bonds. The Kier molecular flexibility index (Phi) is 3.53. The predicted molar refractivity (Wildman–Crippen MR) is 96.1 cm³/mol. The van der Waals surface area contributed by atoms with E-state index in [0.717, 1.165) is 27.8 Å². The second-order valence-corrected chi connectivity index (χ2v) is 6.45. The van der Waals surface area contributed by atoms with Crippen molar-refractivity contribution in [3.63, 3.8) is 0 Å². The molecule has 4 rings (SSSR count). The first-order chi connectivity index (χ1) is 11.6. The second-order valence-electron chi connectivity index (χ2n) is 5.53. The van der Waals surface area contributed by atoms with Crippen LogP contribution in [-0.2, 0) is 6.54 Å². The lowest BCUT2D eigenvalue weighted by Gasteiger charge is -2.20. The van der Waals surface area contributed by atoms with Gasteiger partial charge >= 0.3 is 0 Å². The molecule has 0 saturated heterocycles. The third-order valence-electron chi connectivity index (χ3n) is 4.09. The van der Waals surface area contributed by atoms with Gasteiger partial charge in [0.1, 0.15) is 11.3 Å². The number of aromatic amines is 1. The van der Waals surface area contributed by atoms with Crippen LogP contribution in [0.2, 0.25) is 0 Å². The van der Waals surface area contributed by atoms with Gasteiger partial charge < -0.3 is 4.90 Å². The van der Waals surface area contributed by atoms with Crippen molar-refractivity contribution in [2.75, 3.05) is 11.9 Å². The third kappa shape index (κ3) is 2.27. The summed E-state index contributed by atoms with van der Waals surface area (Å²) >= 11 is 3.37. The zero-order valence-electron chi connectivity index (χ0n) is 13.1. The highest BCUT2D eigenvalue weighted by Gasteiger charge is 2.19. The first kappa shape index (κ1) is 15.1. The quantitative estimate of drug-likeness (QED) is 0.567. The fraction of sp³-hybridized carbons (Fsp3) is 0.176. The zero-order valence-corrected chi connectivity index (χ0v) is 14.7. The summed E-state index contributed by atoms with van der Waals surface area (Å²) in [6, 6.07) is 9.24. The molecular formula is C17H14BrFN5. The molecule has 0 bridgehead atoms. The summed E-state index contributed by atoms with van der Waals surface area (Å²) in [6.07, 6.45) is 2.96. The van der Waals surface area contributed by atoms with Crippen LogP contribution in [0, 0.1) is 12.0 Å². The molecule has 2 aromatic carbocycles. The molecule has 24 heavy (non-hydrogen) atoms. The van der Waals surface area contributed by atoms with Crippen molar-refractivity contribution in [3.8, 4) is 0 Å². The van der Waals surface area contributed by atoms with Crippen LogP contribution >= 0.6 is 15.9 Å². The standard InChI is InChI=1S/C17H14BrFN5/c1-3-24-17(13-6-11(18)7-14(19)16(13)22-24)23(2)12-5-4-10-9-20-21-15(10)8-12/h4-8H,3H2,1-2H3,(H,20,21). The van der Waals surface area contributed by atoms with E-state index in [9.17, 15) is 4.39 Å². The van der Waals surface area contributed by atoms with Crippen molar-refractivity contribution >= 4 is 49.2 Å². The lowest BCUT2D eigenvalue weighted by atomic mass is 10.2. The molecule has 0 aliphatic rings. The van der Waals surface area contributed by atoms with E-state index in [4.69, 9.17) is 0 Å². The van der Waals surface area contributed by atoms with Crippen molar-refractivity contribution in [1.29, 1.82) is 0 Å². The van der Waals surface area contributed by atoms with Gasteiger partial charge in [0, 0.05) is 34.5 Å². The Labute approximate surface area is 146 Å². The molecule has 0 aliphatic carbocycles. The van der Waals surface area contributed by atoms with E-state index in [2.05, 4.69) is 37.4 Å². The molecule has 0 saturated carbocycles. The molecule has 1 N–H and O–H groups in total. The number of hydrogen-bond donors (Lipinski definition) is 1. The number of benzene rings is 2. The highest BCUT2D eigenvalue weighted by molar-refractivity contribution is 9.10. The number of rotatable bonds is 3. The van der Waals surface area contributed by atoms with E-state index in [-0.39, 0.29) is 5.82 Å². The van der Waals surface area contributed by atoms with Crippen molar-refractivity contribution in [2.24, 2.45) is 0 Å². The highest BCUT2D eigenvalue weighted by Crippen LogP contribution is 2.35. The molecule has 0 atom stereocenters. The van der Waals surface area contributed by atoms with Gasteiger partial charge in [-0.15, -0.1) is 0 Å². The first-order valence-corrected chi connectivity index (χ1v) is 8.33. The maximum Gasteiger partial charge on any atom is 0.152 e. The molecule has 2 heterocycles. The van der Waals surface area contributed by atoms with Gasteiger partial charge in [-0.25, -0.2) is 9.07 Å². The van der Waals surface area contributed by atoms with Crippen LogP contribution < -0.4 is 4.90 Å². The van der Waals surface area contributed by atoms with Crippen molar-refractivity contribution in [3.05, 3.63) is 46.8 Å². The van der Waals surface area contributed by atoms with Crippen LogP contribution in [0.5, 0.6) is 0 Å². The molecule has 7 heteroatoms. The van der Waals surface area contributed by atoms with Gasteiger partial charge in [0.25, 0.3) is 0 Å². The smallest absolute Gasteiger partial charge is 0.152 e. The minimum absolute atomic E-state index is 0.335. The van der Waals surface area contributed by atoms with E-state index in [1.165, 1.54) is 6.07 Å². The monoisotopic (exact) mass is 386 g/mol. The Bertz CT molecular complexity index is 1050. The number of aromatic nitrogens is 4. The number of aryl methyl sites for hydroxylation is 1. The number of anilines is 2. The fourth-order valence-corrected chi connectivity index (χ4v) is 3.35. The summed E-state index contributed by atoms with van der Waals surface area (Å²) in [6.45, 7) is 2.63. The van der Waals surface area contributed by atoms with Gasteiger partial charge in [-0.3, -0.25) is 5.10 Å². The maximum atomic E-state index is 14.3. The van der Waals surface area contributed by atoms with Gasteiger partial charge in [-0.2, -0.15) is 10.2 Å². The molecule has 5 nitrogen and oxygen atoms in total. The maximum absolute atomic E-state index is 14.3. The summed E-state index contributed by atoms with van der Waals surface area (Å²) in [5, 5.41) is 13.0. The number of H-pyrrole nitrogens is 1. The zero-order chi connectivity index (χ0) is 16.8. The summed E-state index contributed by atoms with van der Waals surface area (Å²) in [7, 11) is 1.94. The molecule has 2 aromatic heterocycles. The van der Waals surface area contributed by atoms with E-state index < -0.39 is 0 Å². The van der Waals surface area contributed by atoms with Gasteiger partial charge in [0.05, 0.1) is 11.7 Å². The van der Waals surface area contributed by atoms with Crippen molar-refractivity contribution < 1.29 is 4.39 Å². The number of nitrogens with zero attached hydrogens (tertiary/aromatic N) is 4. The molecule has 1 radical (unpaired) electrons. The average molecular weight is 387 g/mol. The topological polar surface area (TPSA) is 49.7 Å². The number of fused-ring (bicyclic) bond motifs is 2. The normalized spacial score (nSPS) is 11.5. The first-order valence-electron chi connectivity index (χ1n) is 7.53. The van der Waals surface area contributed by atoms with Crippen LogP contribution in [-0.4, -0.2) is 27.0 Å². The van der Waals surface area contributed by atoms with Crippen LogP contribution in [0.1, 0.15) is 6.92 Å². The van der Waals surface area contributed by atoms with Gasteiger partial charge in [0.2, 0.25) is 0 Å². The Balaban J connectivity index is 1.93. The Morgan fingerprint density at radius 3 is 2.96 bits per heavy atom. The van der Waals surface area contributed by atoms with Crippen LogP contribution in [0.25, 0.3) is 21.8 Å². The van der Waals surface area contributed by atoms with E-state index in [1.807, 2.05) is 43.1 Å². The Morgan fingerprint density at radius 2 is 2.17 bits per heavy atom. The van der Waals surface area contributed by atoms with E-state index in [0.29, 0.717) is 16.5 Å². The highest BCUT2D eigenvalue weighted by atomic mass is 79.9. The lowest BCUT2D eigenvalue weighted by molar-refractivity contribution is 0.622. The van der Waals surface area contributed by atoms with Crippen molar-refractivity contribution in [1.82, 2.24) is 20.0 Å². The Hall–Kier alpha value is -2.41. The summed E-state index contributed by atoms with van der Waals surface area (Å²) in [5.41, 5.74) is 2.15. The number of nitrogens with one attached hydrogen (secondary N) is 1. The van der Waals surface area contributed by atoms with E-state index in [1.54, 1.807) is 4.68 Å². The number of hydrogen-bond acceptors (Lipinski definition) is 3. The molecule has 4 aromatic rings. The fourth-order valence-electron chi connectivity index (χ4n) is 2.92.